The van der Waals surface area contributed by atoms with Crippen LogP contribution in [0.4, 0.5) is 30.9 Å². The Hall–Kier alpha value is -6.57. The van der Waals surface area contributed by atoms with Crippen LogP contribution in [-0.2, 0) is 15.8 Å². The van der Waals surface area contributed by atoms with Crippen LogP contribution in [0.1, 0.15) is 46.6 Å². The minimum absolute atomic E-state index is 0. The van der Waals surface area contributed by atoms with E-state index in [9.17, 15) is 27.6 Å². The molecule has 1 unspecified atom stereocenters. The summed E-state index contributed by atoms with van der Waals surface area (Å²) in [6.45, 7) is 1.67. The molecule has 0 radical (unpaired) electrons. The number of pyridine rings is 3. The Kier molecular flexibility index (Phi) is 11.9. The first-order valence-electron chi connectivity index (χ1n) is 18.0. The first-order valence-corrected chi connectivity index (χ1v) is 18.9. The van der Waals surface area contributed by atoms with Crippen molar-refractivity contribution in [3.8, 4) is 23.0 Å². The van der Waals surface area contributed by atoms with Gasteiger partial charge in [0.1, 0.15) is 17.2 Å². The zero-order valence-corrected chi connectivity index (χ0v) is 31.0. The molecule has 6 aromatic rings. The predicted octanol–water partition coefficient (Wildman–Crippen LogP) is 6.54. The van der Waals surface area contributed by atoms with Gasteiger partial charge in [-0.25, -0.2) is 4.98 Å². The lowest BCUT2D eigenvalue weighted by Crippen LogP contribution is -2.42. The number of hydrogen-bond donors (Lipinski definition) is 4. The molecule has 20 heteroatoms. The predicted molar refractivity (Wildman–Crippen MR) is 212 cm³/mol. The smallest absolute Gasteiger partial charge is 0.355 e. The van der Waals surface area contributed by atoms with Gasteiger partial charge in [-0.3, -0.25) is 45.2 Å². The van der Waals surface area contributed by atoms with Crippen LogP contribution in [0, 0.1) is 11.8 Å². The SMILES string of the molecule is O=C(Nc1n[nH]c(-c2ccccn2)n1)C1CCCN(c2ncccc2C(F)(F)F)C1.O=C(Nc1n[nH]c(-c2ccccn2)n1)C1CCN(C(=O)c2cccs2)CC1.[HH].[HH].[HH].[HH]. The number of carbonyl (C=O) groups excluding carboxylic acids is 3. The fourth-order valence-corrected chi connectivity index (χ4v) is 7.14. The number of hydrogen-bond acceptors (Lipinski definition) is 12. The molecule has 6 aromatic heterocycles. The van der Waals surface area contributed by atoms with Crippen molar-refractivity contribution in [1.29, 1.82) is 0 Å². The van der Waals surface area contributed by atoms with Crippen LogP contribution in [0.3, 0.4) is 0 Å². The number of halogens is 3. The third-order valence-electron chi connectivity index (χ3n) is 9.32. The number of amides is 3. The van der Waals surface area contributed by atoms with E-state index in [1.807, 2.05) is 40.6 Å². The van der Waals surface area contributed by atoms with Gasteiger partial charge in [-0.1, -0.05) is 18.2 Å². The molecular formula is C37H44F3N13O3S. The van der Waals surface area contributed by atoms with Gasteiger partial charge >= 0.3 is 6.18 Å². The quantitative estimate of drug-likeness (QED) is 0.130. The summed E-state index contributed by atoms with van der Waals surface area (Å²) in [6, 6.07) is 16.7. The van der Waals surface area contributed by atoms with Gasteiger partial charge in [-0.2, -0.15) is 23.1 Å². The highest BCUT2D eigenvalue weighted by molar-refractivity contribution is 7.12. The molecular weight excluding hydrogens is 764 g/mol. The van der Waals surface area contributed by atoms with Gasteiger partial charge in [0, 0.05) is 56.4 Å². The van der Waals surface area contributed by atoms with Crippen LogP contribution < -0.4 is 15.5 Å². The van der Waals surface area contributed by atoms with Gasteiger partial charge in [0.05, 0.1) is 16.4 Å². The lowest BCUT2D eigenvalue weighted by Gasteiger charge is -2.33. The summed E-state index contributed by atoms with van der Waals surface area (Å²) in [7, 11) is 0. The fourth-order valence-electron chi connectivity index (χ4n) is 6.45. The second kappa shape index (κ2) is 17.5. The number of piperidine rings is 2. The normalized spacial score (nSPS) is 16.0. The standard InChI is InChI=1S/C19H18F3N7O.C18H18N6O2S.4H2/c20-19(21,22)13-6-3-9-24-16(13)29-10-4-5-12(11-29)17(30)26-18-25-15(27-28-18)14-7-1-2-8-23-14;25-16(21-18-20-15(22-23-18)13-4-1-2-8-19-13)12-6-9-24(10-7-12)17(26)14-5-3-11-27-14;;;;/h1-3,6-9,12H,4-5,10-11H2,(H2,25,26,27,28,30);1-5,8,11-12H,6-7,9-10H2,(H2,20,21,22,23,25);4*1H. The van der Waals surface area contributed by atoms with E-state index in [-0.39, 0.29) is 53.6 Å². The summed E-state index contributed by atoms with van der Waals surface area (Å²) in [4.78, 5) is 62.3. The van der Waals surface area contributed by atoms with Crippen molar-refractivity contribution in [3.05, 3.63) is 95.1 Å². The Balaban J connectivity index is 0.000000307. The van der Waals surface area contributed by atoms with Gasteiger partial charge in [-0.15, -0.1) is 21.5 Å². The maximum absolute atomic E-state index is 13.3. The lowest BCUT2D eigenvalue weighted by molar-refractivity contribution is -0.137. The lowest BCUT2D eigenvalue weighted by atomic mass is 9.96. The van der Waals surface area contributed by atoms with Crippen molar-refractivity contribution in [2.24, 2.45) is 11.8 Å². The largest absolute Gasteiger partial charge is 0.419 e. The molecule has 2 fully saturated rings. The summed E-state index contributed by atoms with van der Waals surface area (Å²) in [6.07, 6.45) is 2.45. The summed E-state index contributed by atoms with van der Waals surface area (Å²) in [5.41, 5.74) is 0.426. The van der Waals surface area contributed by atoms with Crippen molar-refractivity contribution in [2.45, 2.75) is 31.9 Å². The molecule has 57 heavy (non-hydrogen) atoms. The number of carbonyl (C=O) groups is 3. The Morgan fingerprint density at radius 3 is 1.91 bits per heavy atom. The molecule has 0 aliphatic carbocycles. The Bertz CT molecular complexity index is 2280. The van der Waals surface area contributed by atoms with Crippen molar-refractivity contribution >= 4 is 46.8 Å². The van der Waals surface area contributed by atoms with Crippen LogP contribution in [-0.4, -0.2) is 94.1 Å². The Morgan fingerprint density at radius 2 is 1.35 bits per heavy atom. The molecule has 0 spiro atoms. The average molecular weight is 808 g/mol. The number of likely N-dealkylation sites (tertiary alicyclic amines) is 1. The minimum atomic E-state index is -4.51. The van der Waals surface area contributed by atoms with E-state index in [4.69, 9.17) is 0 Å². The van der Waals surface area contributed by atoms with E-state index >= 15 is 0 Å². The van der Waals surface area contributed by atoms with E-state index in [0.29, 0.717) is 68.4 Å². The zero-order chi connectivity index (χ0) is 39.8. The first kappa shape index (κ1) is 38.7. The first-order chi connectivity index (χ1) is 27.6. The average Bonchev–Trinajstić information content (AvgIpc) is 4.05. The summed E-state index contributed by atoms with van der Waals surface area (Å²) >= 11 is 1.44. The molecule has 2 aliphatic rings. The van der Waals surface area contributed by atoms with Crippen LogP contribution in [0.25, 0.3) is 23.0 Å². The molecule has 0 aromatic carbocycles. The number of rotatable bonds is 8. The van der Waals surface area contributed by atoms with Gasteiger partial charge in [-0.05, 0) is 73.5 Å². The zero-order valence-electron chi connectivity index (χ0n) is 30.2. The molecule has 8 rings (SSSR count). The molecule has 0 saturated carbocycles. The van der Waals surface area contributed by atoms with Crippen molar-refractivity contribution in [3.63, 3.8) is 0 Å². The van der Waals surface area contributed by atoms with E-state index in [1.54, 1.807) is 30.6 Å². The van der Waals surface area contributed by atoms with Crippen LogP contribution >= 0.6 is 11.3 Å². The van der Waals surface area contributed by atoms with E-state index in [1.165, 1.54) is 28.5 Å². The Morgan fingerprint density at radius 1 is 0.737 bits per heavy atom. The maximum Gasteiger partial charge on any atom is 0.419 e. The minimum Gasteiger partial charge on any atom is -0.355 e. The number of aromatic amines is 2. The van der Waals surface area contributed by atoms with Gasteiger partial charge in [0.25, 0.3) is 5.91 Å². The van der Waals surface area contributed by atoms with E-state index in [0.717, 1.165) is 10.9 Å². The van der Waals surface area contributed by atoms with Crippen LogP contribution in [0.15, 0.2) is 84.6 Å². The van der Waals surface area contributed by atoms with Crippen molar-refractivity contribution in [1.82, 2.24) is 50.2 Å². The molecule has 2 saturated heterocycles. The molecule has 4 N–H and O–H groups in total. The molecule has 3 amide bonds. The number of alkyl halides is 3. The molecule has 8 heterocycles. The topological polar surface area (TPSA) is 204 Å². The summed E-state index contributed by atoms with van der Waals surface area (Å²) in [5.74, 6) is -0.0323. The van der Waals surface area contributed by atoms with Crippen LogP contribution in [0.2, 0.25) is 0 Å². The summed E-state index contributed by atoms with van der Waals surface area (Å²) in [5, 5.41) is 20.8. The number of thiophene rings is 1. The van der Waals surface area contributed by atoms with E-state index in [2.05, 4.69) is 55.9 Å². The van der Waals surface area contributed by atoms with Gasteiger partial charge in [0.15, 0.2) is 11.6 Å². The van der Waals surface area contributed by atoms with Crippen LogP contribution in [0.5, 0.6) is 0 Å². The molecule has 16 nitrogen and oxygen atoms in total. The second-order valence-corrected chi connectivity index (χ2v) is 14.1. The Labute approximate surface area is 333 Å². The number of anilines is 3. The van der Waals surface area contributed by atoms with Crippen molar-refractivity contribution < 1.29 is 33.3 Å². The summed E-state index contributed by atoms with van der Waals surface area (Å²) < 4.78 is 40.0. The van der Waals surface area contributed by atoms with Gasteiger partial charge in [0.2, 0.25) is 23.7 Å². The third-order valence-corrected chi connectivity index (χ3v) is 10.2. The number of nitrogens with one attached hydrogen (secondary N) is 4. The highest BCUT2D eigenvalue weighted by atomic mass is 32.1. The highest BCUT2D eigenvalue weighted by Gasteiger charge is 2.37. The molecule has 2 aliphatic heterocycles. The number of H-pyrrole nitrogens is 2. The second-order valence-electron chi connectivity index (χ2n) is 13.1. The van der Waals surface area contributed by atoms with E-state index < -0.39 is 17.7 Å². The number of nitrogens with zero attached hydrogens (tertiary/aromatic N) is 9. The highest BCUT2D eigenvalue weighted by Crippen LogP contribution is 2.36. The fraction of sp³-hybridized carbons (Fsp3) is 0.297. The molecule has 1 atom stereocenters. The monoisotopic (exact) mass is 807 g/mol. The third kappa shape index (κ3) is 9.63. The maximum atomic E-state index is 13.3. The molecule has 302 valence electrons. The number of aromatic nitrogens is 9. The van der Waals surface area contributed by atoms with Crippen molar-refractivity contribution in [2.75, 3.05) is 41.7 Å². The molecule has 0 bridgehead atoms. The van der Waals surface area contributed by atoms with Gasteiger partial charge < -0.3 is 9.80 Å².